The molecule has 0 unspecified atom stereocenters. The lowest BCUT2D eigenvalue weighted by Crippen LogP contribution is -2.50. The van der Waals surface area contributed by atoms with Gasteiger partial charge < -0.3 is 24.2 Å². The van der Waals surface area contributed by atoms with Gasteiger partial charge in [0.25, 0.3) is 5.91 Å². The van der Waals surface area contributed by atoms with Crippen LogP contribution in [0, 0.1) is 19.7 Å². The summed E-state index contributed by atoms with van der Waals surface area (Å²) in [4.78, 5) is 45.0. The number of aromatic nitrogens is 4. The van der Waals surface area contributed by atoms with Crippen LogP contribution in [0.2, 0.25) is 0 Å². The molecule has 1 saturated heterocycles. The molecule has 0 radical (unpaired) electrons. The van der Waals surface area contributed by atoms with E-state index in [-0.39, 0.29) is 30.6 Å². The van der Waals surface area contributed by atoms with Crippen molar-refractivity contribution in [3.8, 4) is 16.3 Å². The van der Waals surface area contributed by atoms with Gasteiger partial charge in [0.05, 0.1) is 64.7 Å². The van der Waals surface area contributed by atoms with Crippen molar-refractivity contribution in [2.24, 2.45) is 0 Å². The summed E-state index contributed by atoms with van der Waals surface area (Å²) in [6, 6.07) is 9.46. The van der Waals surface area contributed by atoms with Gasteiger partial charge in [-0.25, -0.2) is 24.1 Å². The van der Waals surface area contributed by atoms with E-state index in [0.29, 0.717) is 29.4 Å². The Kier molecular flexibility index (Phi) is 9.25. The molecule has 0 bridgehead atoms. The lowest BCUT2D eigenvalue weighted by atomic mass is 10.1. The Labute approximate surface area is 273 Å². The van der Waals surface area contributed by atoms with Crippen LogP contribution < -0.4 is 10.1 Å². The topological polar surface area (TPSA) is 149 Å². The van der Waals surface area contributed by atoms with E-state index in [4.69, 9.17) is 14.2 Å². The van der Waals surface area contributed by atoms with Crippen molar-refractivity contribution in [3.05, 3.63) is 71.6 Å². The van der Waals surface area contributed by atoms with Crippen LogP contribution >= 0.6 is 11.3 Å². The number of amides is 2. The van der Waals surface area contributed by atoms with Crippen LogP contribution in [0.3, 0.4) is 0 Å². The Morgan fingerprint density at radius 2 is 1.94 bits per heavy atom. The number of nitrogens with one attached hydrogen (secondary N) is 1. The molecular weight excluding hydrogens is 627 g/mol. The first kappa shape index (κ1) is 32.2. The Hall–Kier alpha value is -4.79. The number of aryl methyl sites for hydroxylation is 2. The number of nitrogens with zero attached hydrogens (tertiary/aromatic N) is 5. The van der Waals surface area contributed by atoms with Crippen LogP contribution in [-0.2, 0) is 9.47 Å². The number of hydrogen-bond donors (Lipinski definition) is 2. The van der Waals surface area contributed by atoms with Crippen LogP contribution in [0.1, 0.15) is 35.6 Å². The van der Waals surface area contributed by atoms with Gasteiger partial charge in [-0.15, -0.1) is 11.3 Å². The fraction of sp³-hybridized carbons (Fsp3) is 0.333. The molecule has 3 atom stereocenters. The van der Waals surface area contributed by atoms with Crippen LogP contribution in [0.15, 0.2) is 48.8 Å². The largest absolute Gasteiger partial charge is 0.484 e. The van der Waals surface area contributed by atoms with Crippen molar-refractivity contribution < 1.29 is 33.3 Å². The normalized spacial score (nSPS) is 16.2. The number of aliphatic hydroxyl groups excluding tert-OH is 1. The standard InChI is InChI=1S/C33H33FN6O6S/c1-17-9-23(30-27(10-17)37-18(2)13-36-30)31-39-26-11-24(34)28(12-29(26)47-31)45-19(3)20(4)46-33(43)38-21-5-6-25(35-14-21)32(42)40-7-8-44-16-22(40)15-41/h5-6,9-14,19-20,22,41H,7-8,15-16H2,1-4H3,(H,38,43)/t19-,20+,22+/m0/s1. The second-order valence-electron chi connectivity index (χ2n) is 11.4. The van der Waals surface area contributed by atoms with E-state index < -0.39 is 30.2 Å². The molecule has 14 heteroatoms. The third-order valence-corrected chi connectivity index (χ3v) is 8.83. The molecule has 4 heterocycles. The average Bonchev–Trinajstić information content (AvgIpc) is 3.46. The van der Waals surface area contributed by atoms with Gasteiger partial charge in [-0.1, -0.05) is 0 Å². The lowest BCUT2D eigenvalue weighted by Gasteiger charge is -2.34. The maximum atomic E-state index is 15.2. The zero-order chi connectivity index (χ0) is 33.2. The van der Waals surface area contributed by atoms with Gasteiger partial charge in [0.15, 0.2) is 11.6 Å². The fourth-order valence-electron chi connectivity index (χ4n) is 5.18. The molecule has 47 heavy (non-hydrogen) atoms. The average molecular weight is 661 g/mol. The van der Waals surface area contributed by atoms with Gasteiger partial charge in [0, 0.05) is 30.4 Å². The predicted molar refractivity (Wildman–Crippen MR) is 174 cm³/mol. The summed E-state index contributed by atoms with van der Waals surface area (Å²) in [5, 5.41) is 12.8. The number of ether oxygens (including phenoxy) is 3. The quantitative estimate of drug-likeness (QED) is 0.225. The third-order valence-electron chi connectivity index (χ3n) is 7.78. The van der Waals surface area contributed by atoms with Crippen LogP contribution in [0.4, 0.5) is 14.9 Å². The Morgan fingerprint density at radius 3 is 2.70 bits per heavy atom. The van der Waals surface area contributed by atoms with Crippen molar-refractivity contribution in [1.82, 2.24) is 24.8 Å². The lowest BCUT2D eigenvalue weighted by molar-refractivity contribution is -0.0186. The zero-order valence-corrected chi connectivity index (χ0v) is 27.0. The van der Waals surface area contributed by atoms with E-state index in [0.717, 1.165) is 32.6 Å². The monoisotopic (exact) mass is 660 g/mol. The highest BCUT2D eigenvalue weighted by Crippen LogP contribution is 2.37. The van der Waals surface area contributed by atoms with Crippen molar-refractivity contribution in [2.45, 2.75) is 45.9 Å². The van der Waals surface area contributed by atoms with Crippen molar-refractivity contribution in [2.75, 3.05) is 31.7 Å². The first-order valence-electron chi connectivity index (χ1n) is 15.0. The first-order valence-corrected chi connectivity index (χ1v) is 15.9. The van der Waals surface area contributed by atoms with E-state index in [9.17, 15) is 14.7 Å². The third kappa shape index (κ3) is 6.99. The number of rotatable bonds is 8. The van der Waals surface area contributed by atoms with Gasteiger partial charge in [0.2, 0.25) is 0 Å². The van der Waals surface area contributed by atoms with Gasteiger partial charge in [-0.2, -0.15) is 0 Å². The summed E-state index contributed by atoms with van der Waals surface area (Å²) in [7, 11) is 0. The Morgan fingerprint density at radius 1 is 1.11 bits per heavy atom. The van der Waals surface area contributed by atoms with Gasteiger partial charge >= 0.3 is 6.09 Å². The molecule has 3 aromatic heterocycles. The van der Waals surface area contributed by atoms with Gasteiger partial charge in [-0.3, -0.25) is 15.1 Å². The smallest absolute Gasteiger partial charge is 0.412 e. The summed E-state index contributed by atoms with van der Waals surface area (Å²) in [5.41, 5.74) is 5.11. The Bertz CT molecular complexity index is 1950. The number of carbonyl (C=O) groups is 2. The molecule has 0 saturated carbocycles. The molecule has 2 aromatic carbocycles. The van der Waals surface area contributed by atoms with E-state index >= 15 is 4.39 Å². The Balaban J connectivity index is 1.09. The molecule has 6 rings (SSSR count). The highest BCUT2D eigenvalue weighted by molar-refractivity contribution is 7.21. The number of anilines is 1. The highest BCUT2D eigenvalue weighted by Gasteiger charge is 2.28. The van der Waals surface area contributed by atoms with E-state index in [1.807, 2.05) is 26.0 Å². The molecule has 0 spiro atoms. The molecule has 0 aliphatic carbocycles. The number of aliphatic hydroxyl groups is 1. The number of pyridine rings is 1. The van der Waals surface area contributed by atoms with E-state index in [1.165, 1.54) is 40.6 Å². The number of halogens is 1. The minimum absolute atomic E-state index is 0.00809. The number of benzene rings is 2. The molecule has 12 nitrogen and oxygen atoms in total. The predicted octanol–water partition coefficient (Wildman–Crippen LogP) is 5.30. The van der Waals surface area contributed by atoms with Crippen LogP contribution in [0.5, 0.6) is 5.75 Å². The minimum Gasteiger partial charge on any atom is -0.484 e. The van der Waals surface area contributed by atoms with Crippen molar-refractivity contribution in [3.63, 3.8) is 0 Å². The molecule has 2 N–H and O–H groups in total. The zero-order valence-electron chi connectivity index (χ0n) is 26.2. The summed E-state index contributed by atoms with van der Waals surface area (Å²) in [6.07, 6.45) is 0.823. The maximum Gasteiger partial charge on any atom is 0.412 e. The van der Waals surface area contributed by atoms with Gasteiger partial charge in [-0.05, 0) is 57.5 Å². The second kappa shape index (κ2) is 13.5. The molecular formula is C33H33FN6O6S. The summed E-state index contributed by atoms with van der Waals surface area (Å²) in [5.74, 6) is -0.923. The van der Waals surface area contributed by atoms with Crippen molar-refractivity contribution in [1.29, 1.82) is 0 Å². The number of fused-ring (bicyclic) bond motifs is 2. The molecule has 5 aromatic rings. The second-order valence-corrected chi connectivity index (χ2v) is 12.4. The molecule has 1 fully saturated rings. The van der Waals surface area contributed by atoms with E-state index in [1.54, 1.807) is 26.1 Å². The maximum absolute atomic E-state index is 15.2. The summed E-state index contributed by atoms with van der Waals surface area (Å²) >= 11 is 1.39. The molecule has 1 aliphatic rings. The molecule has 2 amide bonds. The van der Waals surface area contributed by atoms with Crippen LogP contribution in [0.25, 0.3) is 31.8 Å². The van der Waals surface area contributed by atoms with E-state index in [2.05, 4.69) is 25.3 Å². The van der Waals surface area contributed by atoms with Crippen LogP contribution in [-0.4, -0.2) is 86.6 Å². The van der Waals surface area contributed by atoms with Gasteiger partial charge in [0.1, 0.15) is 22.9 Å². The highest BCUT2D eigenvalue weighted by atomic mass is 32.1. The summed E-state index contributed by atoms with van der Waals surface area (Å²) in [6.45, 7) is 7.94. The number of carbonyl (C=O) groups excluding carboxylic acids is 2. The fourth-order valence-corrected chi connectivity index (χ4v) is 6.17. The number of hydrogen-bond acceptors (Lipinski definition) is 11. The first-order chi connectivity index (χ1) is 22.6. The summed E-state index contributed by atoms with van der Waals surface area (Å²) < 4.78 is 32.6. The SMILES string of the molecule is Cc1cc(-c2nc3cc(F)c(O[C@@H](C)[C@@H](C)OC(=O)Nc4ccc(C(=O)N5CCOC[C@H]5CO)nc4)cc3s2)c2ncc(C)nc2c1. The minimum atomic E-state index is -0.769. The number of thiazole rings is 1. The molecule has 244 valence electrons. The molecule has 1 aliphatic heterocycles. The number of morpholine rings is 1. The van der Waals surface area contributed by atoms with Crippen molar-refractivity contribution >= 4 is 50.3 Å².